The normalized spacial score (nSPS) is 12.4. The van der Waals surface area contributed by atoms with Gasteiger partial charge in [0.15, 0.2) is 0 Å². The number of benzene rings is 1. The van der Waals surface area contributed by atoms with Crippen molar-refractivity contribution in [2.24, 2.45) is 7.05 Å². The van der Waals surface area contributed by atoms with E-state index in [0.29, 0.717) is 18.0 Å². The van der Waals surface area contributed by atoms with E-state index >= 15 is 0 Å². The first-order chi connectivity index (χ1) is 9.91. The number of fused-ring (bicyclic) bond motifs is 1. The molecule has 0 unspecified atom stereocenters. The van der Waals surface area contributed by atoms with Crippen LogP contribution < -0.4 is 0 Å². The Balaban J connectivity index is 2.48. The molecule has 0 bridgehead atoms. The molecule has 0 amide bonds. The van der Waals surface area contributed by atoms with E-state index in [1.807, 2.05) is 38.5 Å². The average molecular weight is 309 g/mol. The molecule has 1 heterocycles. The van der Waals surface area contributed by atoms with Crippen molar-refractivity contribution in [1.29, 1.82) is 0 Å². The Morgan fingerprint density at radius 1 is 1.19 bits per heavy atom. The van der Waals surface area contributed by atoms with Crippen molar-refractivity contribution in [3.8, 4) is 0 Å². The molecule has 0 aliphatic carbocycles. The SMILES string of the molecule is CCCN(CCC)S(=O)(=O)c1ccc2c(c1)nc(C)n2C. The number of hydrogen-bond donors (Lipinski definition) is 0. The molecule has 2 rings (SSSR count). The van der Waals surface area contributed by atoms with E-state index in [2.05, 4.69) is 4.98 Å². The van der Waals surface area contributed by atoms with Crippen LogP contribution in [0.1, 0.15) is 32.5 Å². The summed E-state index contributed by atoms with van der Waals surface area (Å²) in [7, 11) is -1.51. The molecule has 0 spiro atoms. The fraction of sp³-hybridized carbons (Fsp3) is 0.533. The first kappa shape index (κ1) is 16.0. The van der Waals surface area contributed by atoms with Crippen LogP contribution in [0.3, 0.4) is 0 Å². The third-order valence-corrected chi connectivity index (χ3v) is 5.55. The minimum atomic E-state index is -3.44. The van der Waals surface area contributed by atoms with Crippen LogP contribution in [0.2, 0.25) is 0 Å². The second kappa shape index (κ2) is 6.15. The van der Waals surface area contributed by atoms with E-state index in [-0.39, 0.29) is 0 Å². The summed E-state index contributed by atoms with van der Waals surface area (Å²) < 4.78 is 29.0. The molecule has 1 aromatic carbocycles. The molecule has 0 aliphatic rings. The maximum absolute atomic E-state index is 12.7. The third kappa shape index (κ3) is 2.96. The Labute approximate surface area is 126 Å². The monoisotopic (exact) mass is 309 g/mol. The lowest BCUT2D eigenvalue weighted by Gasteiger charge is -2.20. The summed E-state index contributed by atoms with van der Waals surface area (Å²) in [4.78, 5) is 4.75. The van der Waals surface area contributed by atoms with Crippen molar-refractivity contribution in [2.45, 2.75) is 38.5 Å². The number of aromatic nitrogens is 2. The topological polar surface area (TPSA) is 55.2 Å². The maximum Gasteiger partial charge on any atom is 0.243 e. The van der Waals surface area contributed by atoms with Gasteiger partial charge in [0, 0.05) is 20.1 Å². The third-order valence-electron chi connectivity index (χ3n) is 3.66. The van der Waals surface area contributed by atoms with Gasteiger partial charge in [-0.3, -0.25) is 0 Å². The van der Waals surface area contributed by atoms with Crippen LogP contribution in [0.5, 0.6) is 0 Å². The van der Waals surface area contributed by atoms with Gasteiger partial charge in [-0.1, -0.05) is 13.8 Å². The van der Waals surface area contributed by atoms with E-state index in [4.69, 9.17) is 0 Å². The fourth-order valence-corrected chi connectivity index (χ4v) is 4.11. The molecule has 0 saturated heterocycles. The molecule has 5 nitrogen and oxygen atoms in total. The number of rotatable bonds is 6. The summed E-state index contributed by atoms with van der Waals surface area (Å²) in [6.45, 7) is 6.99. The second-order valence-electron chi connectivity index (χ2n) is 5.27. The molecule has 0 aliphatic heterocycles. The smallest absolute Gasteiger partial charge is 0.243 e. The molecule has 0 fully saturated rings. The minimum Gasteiger partial charge on any atom is -0.331 e. The van der Waals surface area contributed by atoms with Gasteiger partial charge in [0.05, 0.1) is 15.9 Å². The Bertz CT molecular complexity index is 729. The van der Waals surface area contributed by atoms with Crippen LogP contribution in [-0.2, 0) is 17.1 Å². The first-order valence-corrected chi connectivity index (χ1v) is 8.79. The molecule has 21 heavy (non-hydrogen) atoms. The van der Waals surface area contributed by atoms with E-state index in [0.717, 1.165) is 29.7 Å². The van der Waals surface area contributed by atoms with E-state index in [1.54, 1.807) is 16.4 Å². The summed E-state index contributed by atoms with van der Waals surface area (Å²) in [5.41, 5.74) is 1.67. The van der Waals surface area contributed by atoms with E-state index < -0.39 is 10.0 Å². The van der Waals surface area contributed by atoms with Gasteiger partial charge in [-0.15, -0.1) is 0 Å². The highest BCUT2D eigenvalue weighted by atomic mass is 32.2. The predicted octanol–water partition coefficient (Wildman–Crippen LogP) is 2.69. The van der Waals surface area contributed by atoms with Crippen LogP contribution in [-0.4, -0.2) is 35.4 Å². The molecule has 0 saturated carbocycles. The Kier molecular flexibility index (Phi) is 4.68. The van der Waals surface area contributed by atoms with Crippen LogP contribution in [0.25, 0.3) is 11.0 Å². The summed E-state index contributed by atoms with van der Waals surface area (Å²) in [5, 5.41) is 0. The Morgan fingerprint density at radius 3 is 2.38 bits per heavy atom. The lowest BCUT2D eigenvalue weighted by molar-refractivity contribution is 0.410. The molecular weight excluding hydrogens is 286 g/mol. The van der Waals surface area contributed by atoms with Crippen LogP contribution in [0.4, 0.5) is 0 Å². The van der Waals surface area contributed by atoms with Gasteiger partial charge < -0.3 is 4.57 Å². The van der Waals surface area contributed by atoms with Gasteiger partial charge in [-0.25, -0.2) is 13.4 Å². The molecule has 0 N–H and O–H groups in total. The summed E-state index contributed by atoms with van der Waals surface area (Å²) in [6.07, 6.45) is 1.62. The van der Waals surface area contributed by atoms with Crippen molar-refractivity contribution in [3.05, 3.63) is 24.0 Å². The zero-order valence-electron chi connectivity index (χ0n) is 13.1. The molecule has 6 heteroatoms. The number of imidazole rings is 1. The lowest BCUT2D eigenvalue weighted by Crippen LogP contribution is -2.32. The van der Waals surface area contributed by atoms with Gasteiger partial charge in [0.1, 0.15) is 5.82 Å². The van der Waals surface area contributed by atoms with Crippen molar-refractivity contribution in [1.82, 2.24) is 13.9 Å². The summed E-state index contributed by atoms with van der Waals surface area (Å²) >= 11 is 0. The van der Waals surface area contributed by atoms with E-state index in [1.165, 1.54) is 0 Å². The molecule has 0 atom stereocenters. The molecule has 0 radical (unpaired) electrons. The summed E-state index contributed by atoms with van der Waals surface area (Å²) in [5.74, 6) is 0.874. The number of sulfonamides is 1. The molecule has 116 valence electrons. The quantitative estimate of drug-likeness (QED) is 0.824. The van der Waals surface area contributed by atoms with Crippen LogP contribution >= 0.6 is 0 Å². The zero-order valence-corrected chi connectivity index (χ0v) is 13.9. The summed E-state index contributed by atoms with van der Waals surface area (Å²) in [6, 6.07) is 5.19. The fourth-order valence-electron chi connectivity index (χ4n) is 2.46. The molecular formula is C15H23N3O2S. The largest absolute Gasteiger partial charge is 0.331 e. The van der Waals surface area contributed by atoms with Gasteiger partial charge in [-0.2, -0.15) is 4.31 Å². The van der Waals surface area contributed by atoms with Gasteiger partial charge in [-0.05, 0) is 38.0 Å². The number of aryl methyl sites for hydroxylation is 2. The Morgan fingerprint density at radius 2 is 1.81 bits per heavy atom. The van der Waals surface area contributed by atoms with Crippen molar-refractivity contribution in [3.63, 3.8) is 0 Å². The zero-order chi connectivity index (χ0) is 15.6. The van der Waals surface area contributed by atoms with Gasteiger partial charge >= 0.3 is 0 Å². The highest BCUT2D eigenvalue weighted by molar-refractivity contribution is 7.89. The van der Waals surface area contributed by atoms with Crippen molar-refractivity contribution in [2.75, 3.05) is 13.1 Å². The van der Waals surface area contributed by atoms with E-state index in [9.17, 15) is 8.42 Å². The standard InChI is InChI=1S/C15H23N3O2S/c1-5-9-18(10-6-2)21(19,20)13-7-8-15-14(11-13)16-12(3)17(15)4/h7-8,11H,5-6,9-10H2,1-4H3. The van der Waals surface area contributed by atoms with Crippen molar-refractivity contribution < 1.29 is 8.42 Å². The average Bonchev–Trinajstić information content (AvgIpc) is 2.73. The maximum atomic E-state index is 12.7. The number of nitrogens with zero attached hydrogens (tertiary/aromatic N) is 3. The van der Waals surface area contributed by atoms with Gasteiger partial charge in [0.2, 0.25) is 10.0 Å². The lowest BCUT2D eigenvalue weighted by atomic mass is 10.3. The second-order valence-corrected chi connectivity index (χ2v) is 7.21. The van der Waals surface area contributed by atoms with Crippen LogP contribution in [0, 0.1) is 6.92 Å². The molecule has 2 aromatic rings. The molecule has 1 aromatic heterocycles. The van der Waals surface area contributed by atoms with Crippen LogP contribution in [0.15, 0.2) is 23.1 Å². The van der Waals surface area contributed by atoms with Crippen molar-refractivity contribution >= 4 is 21.1 Å². The predicted molar refractivity (Wildman–Crippen MR) is 84.8 cm³/mol. The first-order valence-electron chi connectivity index (χ1n) is 7.35. The minimum absolute atomic E-state index is 0.329. The number of hydrogen-bond acceptors (Lipinski definition) is 3. The highest BCUT2D eigenvalue weighted by Crippen LogP contribution is 2.22. The van der Waals surface area contributed by atoms with Gasteiger partial charge in [0.25, 0.3) is 0 Å². The highest BCUT2D eigenvalue weighted by Gasteiger charge is 2.23. The Hall–Kier alpha value is -1.40.